The summed E-state index contributed by atoms with van der Waals surface area (Å²) >= 11 is 0. The molecule has 1 aromatic heterocycles. The van der Waals surface area contributed by atoms with E-state index in [1.54, 1.807) is 13.8 Å². The van der Waals surface area contributed by atoms with Crippen molar-refractivity contribution in [1.29, 1.82) is 0 Å². The molecule has 5 heterocycles. The molecule has 11 amide bonds. The number of nitrogens with zero attached hydrogens (tertiary/aromatic N) is 2. The number of fused-ring (bicyclic) bond motifs is 5. The molecule has 18 N–H and O–H groups in total. The molecule has 4 aliphatic rings. The van der Waals surface area contributed by atoms with Gasteiger partial charge in [-0.2, -0.15) is 0 Å². The fourth-order valence-corrected chi connectivity index (χ4v) is 12.1. The Hall–Kier alpha value is -7.36. The number of carbonyl (C=O) groups is 11. The van der Waals surface area contributed by atoms with Gasteiger partial charge in [-0.15, -0.1) is 0 Å². The number of amides is 11. The predicted octanol–water partition coefficient (Wildman–Crippen LogP) is -6.42. The van der Waals surface area contributed by atoms with Gasteiger partial charge in [-0.25, -0.2) is 5.90 Å². The maximum Gasteiger partial charge on any atom is 0.248 e. The first-order valence-corrected chi connectivity index (χ1v) is 29.7. The van der Waals surface area contributed by atoms with Crippen LogP contribution in [0.25, 0.3) is 10.9 Å². The fourth-order valence-electron chi connectivity index (χ4n) is 10.7. The van der Waals surface area contributed by atoms with E-state index >= 15 is 4.21 Å². The number of aromatic hydroxyl groups is 1. The van der Waals surface area contributed by atoms with Crippen molar-refractivity contribution in [3.63, 3.8) is 0 Å². The predicted molar refractivity (Wildman–Crippen MR) is 300 cm³/mol. The zero-order chi connectivity index (χ0) is 62.2. The fraction of sp³-hybridized carbons (Fsp3) is 0.642. The van der Waals surface area contributed by atoms with Crippen molar-refractivity contribution in [2.45, 2.75) is 139 Å². The second kappa shape index (κ2) is 31.2. The SMILES string of the molecule is CC[C@H](C)[C@@H]1NC(=O)CNC(=O)[C@H]2Cc3c([nH]c4c(CN5CCC(CCNC(=O)CCCNC(=O)CON)CC5)c(O)ccc34)S(=O)C[C@@H](NC(=O)CNC1=O)C(=O)N[C@@H](CC(N)=O)C(=O)N1C[C@H](O)C[C@H]1C(=O)N[C@@H]([C@H](C)[C@H](O)CO)C(=O)N2. The highest BCUT2D eigenvalue weighted by molar-refractivity contribution is 7.85. The summed E-state index contributed by atoms with van der Waals surface area (Å²) in [5.41, 5.74) is 6.15. The molecular weight excluding hydrogens is 1140 g/mol. The summed E-state index contributed by atoms with van der Waals surface area (Å²) in [5, 5.41) is 66.5. The standard InChI is InChI=1S/C53H80N14O17S/c1-4-26(2)44-50(80)59-19-41(74)60-35-25-85(83)52-31(30-7-8-37(70)32(46(30)65-52)22-66-14-10-28(11-15-66)9-13-57-40(73)6-5-12-56-43(76)24-84-55)17-33(47(77)58-20-42(75)63-44)61-51(81)45(27(3)38(71)23-68)64-49(79)36-16-29(69)21-67(36)53(82)34(18-39(54)72)62-48(35)78/h7-8,26-29,33-36,38,44-45,65,68-71H,4-6,9-25,55H2,1-3H3,(H2,54,72)(H,56,76)(H,57,73)(H,58,77)(H,59,80)(H,60,74)(H,61,81)(H,62,78)(H,63,75)(H,64,79)/t26-,27+,29+,33+,34-,35+,36-,38+,44-,45-,85?/m0/s1. The number of phenolic OH excluding ortho intramolecular Hbond substituents is 1. The lowest BCUT2D eigenvalue weighted by molar-refractivity contribution is -0.144. The van der Waals surface area contributed by atoms with Crippen molar-refractivity contribution in [2.24, 2.45) is 29.4 Å². The lowest BCUT2D eigenvalue weighted by Gasteiger charge is -2.32. The van der Waals surface area contributed by atoms with Crippen LogP contribution in [-0.2, 0) is 81.3 Å². The number of hydrogen-bond donors (Lipinski definition) is 16. The Morgan fingerprint density at radius 1 is 0.847 bits per heavy atom. The number of rotatable bonds is 18. The third kappa shape index (κ3) is 18.1. The summed E-state index contributed by atoms with van der Waals surface area (Å²) in [7, 11) is -2.48. The molecular formula is C53H80N14O17S. The summed E-state index contributed by atoms with van der Waals surface area (Å²) in [6.45, 7) is 3.24. The molecule has 6 rings (SSSR count). The number of primary amides is 1. The zero-order valence-corrected chi connectivity index (χ0v) is 48.5. The minimum Gasteiger partial charge on any atom is -0.508 e. The van der Waals surface area contributed by atoms with Crippen LogP contribution in [0.3, 0.4) is 0 Å². The summed E-state index contributed by atoms with van der Waals surface area (Å²) in [4.78, 5) is 161. The van der Waals surface area contributed by atoms with Crippen LogP contribution in [-0.4, -0.2) is 218 Å². The largest absolute Gasteiger partial charge is 0.508 e. The van der Waals surface area contributed by atoms with E-state index in [2.05, 4.69) is 62.6 Å². The Labute approximate surface area is 491 Å². The number of aliphatic hydroxyl groups excluding tert-OH is 3. The Balaban J connectivity index is 1.42. The van der Waals surface area contributed by atoms with Crippen molar-refractivity contribution in [2.75, 3.05) is 64.8 Å². The van der Waals surface area contributed by atoms with Gasteiger partial charge < -0.3 is 83.9 Å². The van der Waals surface area contributed by atoms with E-state index in [4.69, 9.17) is 11.6 Å². The third-order valence-corrected chi connectivity index (χ3v) is 17.3. The van der Waals surface area contributed by atoms with Crippen LogP contribution in [0.15, 0.2) is 17.2 Å². The summed E-state index contributed by atoms with van der Waals surface area (Å²) in [5.74, 6) is -7.78. The Morgan fingerprint density at radius 2 is 1.53 bits per heavy atom. The number of carbonyl (C=O) groups excluding carboxylic acids is 11. The van der Waals surface area contributed by atoms with Gasteiger partial charge in [0.05, 0.1) is 60.4 Å². The van der Waals surface area contributed by atoms with E-state index in [1.165, 1.54) is 19.1 Å². The van der Waals surface area contributed by atoms with Gasteiger partial charge in [0.2, 0.25) is 65.0 Å². The third-order valence-electron chi connectivity index (χ3n) is 15.9. The van der Waals surface area contributed by atoms with Gasteiger partial charge in [0.25, 0.3) is 0 Å². The van der Waals surface area contributed by atoms with Crippen LogP contribution in [0.5, 0.6) is 5.75 Å². The van der Waals surface area contributed by atoms with Crippen LogP contribution < -0.4 is 59.5 Å². The maximum atomic E-state index is 15.3. The second-order valence-electron chi connectivity index (χ2n) is 22.0. The number of phenols is 1. The molecule has 1 aromatic carbocycles. The molecule has 2 fully saturated rings. The number of hydrogen-bond acceptors (Lipinski definition) is 19. The number of piperidine rings is 1. The van der Waals surface area contributed by atoms with Gasteiger partial charge in [0.1, 0.15) is 53.6 Å². The Morgan fingerprint density at radius 3 is 2.20 bits per heavy atom. The smallest absolute Gasteiger partial charge is 0.248 e. The van der Waals surface area contributed by atoms with Crippen LogP contribution in [0, 0.1) is 17.8 Å². The van der Waals surface area contributed by atoms with Gasteiger partial charge in [-0.3, -0.25) is 66.7 Å². The zero-order valence-electron chi connectivity index (χ0n) is 47.7. The van der Waals surface area contributed by atoms with Crippen molar-refractivity contribution in [3.8, 4) is 5.75 Å². The number of likely N-dealkylation sites (tertiary alicyclic amines) is 1. The van der Waals surface area contributed by atoms with Gasteiger partial charge in [0, 0.05) is 62.3 Å². The highest BCUT2D eigenvalue weighted by Gasteiger charge is 2.45. The normalized spacial score (nSPS) is 25.8. The van der Waals surface area contributed by atoms with Crippen LogP contribution in [0.1, 0.15) is 83.3 Å². The van der Waals surface area contributed by atoms with Crippen LogP contribution in [0.4, 0.5) is 0 Å². The quantitative estimate of drug-likeness (QED) is 0.0487. The van der Waals surface area contributed by atoms with Gasteiger partial charge in [0.15, 0.2) is 0 Å². The van der Waals surface area contributed by atoms with Gasteiger partial charge in [-0.05, 0) is 68.3 Å². The minimum atomic E-state index is -2.48. The van der Waals surface area contributed by atoms with E-state index < -0.39 is 181 Å². The summed E-state index contributed by atoms with van der Waals surface area (Å²) < 4.78 is 15.3. The molecule has 4 aliphatic heterocycles. The number of benzene rings is 1. The first-order chi connectivity index (χ1) is 40.4. The van der Waals surface area contributed by atoms with Gasteiger partial charge in [-0.1, -0.05) is 27.2 Å². The second-order valence-corrected chi connectivity index (χ2v) is 23.5. The number of H-pyrrole nitrogens is 1. The van der Waals surface area contributed by atoms with Crippen LogP contribution >= 0.6 is 0 Å². The maximum absolute atomic E-state index is 15.3. The summed E-state index contributed by atoms with van der Waals surface area (Å²) in [6, 6.07) is -7.42. The van der Waals surface area contributed by atoms with Crippen molar-refractivity contribution in [1.82, 2.24) is 62.6 Å². The van der Waals surface area contributed by atoms with Crippen molar-refractivity contribution < 1.29 is 82.2 Å². The van der Waals surface area contributed by atoms with E-state index in [0.29, 0.717) is 57.3 Å². The molecule has 32 heteroatoms. The monoisotopic (exact) mass is 1220 g/mol. The molecule has 0 aliphatic carbocycles. The average Bonchev–Trinajstić information content (AvgIpc) is 2.14. The van der Waals surface area contributed by atoms with Gasteiger partial charge >= 0.3 is 0 Å². The van der Waals surface area contributed by atoms with E-state index in [-0.39, 0.29) is 65.2 Å². The first kappa shape index (κ1) is 66.8. The molecule has 470 valence electrons. The molecule has 0 spiro atoms. The highest BCUT2D eigenvalue weighted by atomic mass is 32.2. The lowest BCUT2D eigenvalue weighted by atomic mass is 9.93. The minimum absolute atomic E-state index is 0.0596. The van der Waals surface area contributed by atoms with Crippen molar-refractivity contribution in [3.05, 3.63) is 23.3 Å². The molecule has 2 bridgehead atoms. The average molecular weight is 1220 g/mol. The Bertz CT molecular complexity index is 2830. The number of aromatic nitrogens is 1. The van der Waals surface area contributed by atoms with E-state index in [1.807, 2.05) is 0 Å². The molecule has 31 nitrogen and oxygen atoms in total. The topological polar surface area (TPSA) is 478 Å². The molecule has 85 heavy (non-hydrogen) atoms. The molecule has 1 unspecified atom stereocenters. The van der Waals surface area contributed by atoms with Crippen molar-refractivity contribution >= 4 is 86.7 Å². The molecule has 11 atom stereocenters. The van der Waals surface area contributed by atoms with Crippen LogP contribution in [0.2, 0.25) is 0 Å². The Kier molecular flexibility index (Phi) is 24.5. The van der Waals surface area contributed by atoms with E-state index in [0.717, 1.165) is 4.90 Å². The summed E-state index contributed by atoms with van der Waals surface area (Å²) in [6.07, 6.45) is -1.92. The molecule has 0 saturated carbocycles. The van der Waals surface area contributed by atoms with E-state index in [9.17, 15) is 73.2 Å². The molecule has 2 aromatic rings. The lowest BCUT2D eigenvalue weighted by Crippen LogP contribution is -2.62. The molecule has 0 radical (unpaired) electrons. The highest BCUT2D eigenvalue weighted by Crippen LogP contribution is 2.35. The number of aliphatic hydroxyl groups is 3. The first-order valence-electron chi connectivity index (χ1n) is 28.3. The number of nitrogens with one attached hydrogen (secondary N) is 10. The number of nitrogens with two attached hydrogens (primary N) is 2. The number of aromatic amines is 1. The molecule has 2 saturated heterocycles.